The summed E-state index contributed by atoms with van der Waals surface area (Å²) in [4.78, 5) is 117. The van der Waals surface area contributed by atoms with Crippen LogP contribution < -0.4 is 42.0 Å². The van der Waals surface area contributed by atoms with Crippen molar-refractivity contribution in [1.82, 2.24) is 37.2 Å². The molecule has 0 aliphatic carbocycles. The van der Waals surface area contributed by atoms with E-state index in [1.807, 2.05) is 39.8 Å². The minimum atomic E-state index is -1.22. The summed E-state index contributed by atoms with van der Waals surface area (Å²) in [6.07, 6.45) is 0.850. The fraction of sp³-hybridized carbons (Fsp3) is 0.582. The van der Waals surface area contributed by atoms with Gasteiger partial charge in [-0.25, -0.2) is 9.59 Å². The van der Waals surface area contributed by atoms with Crippen LogP contribution in [0, 0.1) is 22.7 Å². The molecule has 21 nitrogen and oxygen atoms in total. The number of carbonyl (C=O) groups excluding carboxylic acids is 8. The highest BCUT2D eigenvalue weighted by Gasteiger charge is 2.48. The topological polar surface area (TPSA) is 298 Å². The molecule has 0 spiro atoms. The number of nitrogens with one attached hydrogen (secondary N) is 7. The number of amides is 7. The number of ether oxygens (including phenoxy) is 4. The number of rotatable bonds is 21. The normalized spacial score (nSPS) is 22.6. The molecule has 7 amide bonds. The Morgan fingerprint density at radius 3 is 2.16 bits per heavy atom. The third-order valence-corrected chi connectivity index (χ3v) is 13.7. The molecule has 0 saturated carbocycles. The largest absolute Gasteiger partial charge is 0.495 e. The van der Waals surface area contributed by atoms with Crippen LogP contribution in [-0.4, -0.2) is 121 Å². The number of hydrogen-bond donors (Lipinski definition) is 8. The summed E-state index contributed by atoms with van der Waals surface area (Å²) < 4.78 is 23.1. The average Bonchev–Trinajstić information content (AvgIpc) is 4.16. The van der Waals surface area contributed by atoms with E-state index in [4.69, 9.17) is 35.7 Å². The number of cyclic esters (lactones) is 1. The van der Waals surface area contributed by atoms with E-state index in [0.717, 1.165) is 5.56 Å². The first-order valence-electron chi connectivity index (χ1n) is 26.0. The van der Waals surface area contributed by atoms with Gasteiger partial charge < -0.3 is 61.3 Å². The molecule has 2 aromatic rings. The lowest BCUT2D eigenvalue weighted by Crippen LogP contribution is -2.58. The lowest BCUT2D eigenvalue weighted by Gasteiger charge is -2.35. The molecule has 2 aliphatic heterocycles. The molecule has 2 heterocycles. The molecule has 0 bridgehead atoms. The Bertz CT molecular complexity index is 2460. The molecule has 8 N–H and O–H groups in total. The van der Waals surface area contributed by atoms with Crippen LogP contribution in [0.25, 0.3) is 0 Å². The third kappa shape index (κ3) is 20.0. The lowest BCUT2D eigenvalue weighted by atomic mass is 9.82. The maximum absolute atomic E-state index is 14.2. The smallest absolute Gasteiger partial charge is 0.407 e. The first-order chi connectivity index (χ1) is 36.1. The number of carboxylic acid groups (broad SMARTS) is 1. The molecular weight excluding hydrogens is 1020 g/mol. The molecule has 1 saturated heterocycles. The Kier molecular flexibility index (Phi) is 23.3. The van der Waals surface area contributed by atoms with Crippen molar-refractivity contribution in [1.29, 1.82) is 0 Å². The summed E-state index contributed by atoms with van der Waals surface area (Å²) in [7, 11) is 1.49. The Balaban J connectivity index is 1.36. The highest BCUT2D eigenvalue weighted by Crippen LogP contribution is 2.45. The number of hydrogen-bond acceptors (Lipinski definition) is 13. The van der Waals surface area contributed by atoms with Gasteiger partial charge in [0, 0.05) is 50.7 Å². The first kappa shape index (κ1) is 62.8. The van der Waals surface area contributed by atoms with E-state index in [2.05, 4.69) is 37.2 Å². The highest BCUT2D eigenvalue weighted by molar-refractivity contribution is 6.32. The third-order valence-electron chi connectivity index (χ3n) is 13.4. The first-order valence-corrected chi connectivity index (χ1v) is 26.3. The van der Waals surface area contributed by atoms with Gasteiger partial charge in [0.1, 0.15) is 48.7 Å². The summed E-state index contributed by atoms with van der Waals surface area (Å²) in [6.45, 7) is 17.6. The van der Waals surface area contributed by atoms with Gasteiger partial charge in [-0.3, -0.25) is 33.6 Å². The zero-order valence-electron chi connectivity index (χ0n) is 46.0. The minimum absolute atomic E-state index is 0.0209. The molecular formula is C55H78ClN7O14. The lowest BCUT2D eigenvalue weighted by molar-refractivity contribution is -0.157. The predicted octanol–water partition coefficient (Wildman–Crippen LogP) is 4.72. The van der Waals surface area contributed by atoms with Crippen LogP contribution in [0.4, 0.5) is 4.79 Å². The minimum Gasteiger partial charge on any atom is -0.495 e. The van der Waals surface area contributed by atoms with Crippen LogP contribution >= 0.6 is 11.6 Å². The van der Waals surface area contributed by atoms with Crippen LogP contribution in [-0.2, 0) is 65.6 Å². The Labute approximate surface area is 455 Å². The zero-order chi connectivity index (χ0) is 57.4. The number of methoxy groups -OCH3 is 1. The quantitative estimate of drug-likeness (QED) is 0.0477. The summed E-state index contributed by atoms with van der Waals surface area (Å²) in [6, 6.07) is 7.54. The molecule has 0 radical (unpaired) electrons. The van der Waals surface area contributed by atoms with Crippen molar-refractivity contribution >= 4 is 65.1 Å². The van der Waals surface area contributed by atoms with E-state index in [-0.39, 0.29) is 70.2 Å². The standard InChI is InChI=1S/C55H78ClN7O14/c1-30(2)45(63-43(65)16-13-17-44(66)67)50(70)59-32(4)48(68)57-24-25-58-53(73)75-29-34-18-21-36(22-19-34)47-46(77-47)31(3)40-14-12-15-42(64)61-38(27-35-20-23-41(74-11)37(56)26-35)49(69)60-33(5)55(9,10)52(72)62-39(51(71)76-40)28-54(6,7)8/h12,15,18-23,26,30-33,38-40,45-47H,13-14,16-17,24-25,27-29H2,1-11H3,(H,57,68)(H,58,73)(H,59,70)(H,60,69)(H,61,64)(H,62,72)(H,63,65)(H,66,67)/b15-12+/t31?,32?,33-,38+,39-,40-,45?,46+,47+/m0/s1. The van der Waals surface area contributed by atoms with Crippen molar-refractivity contribution < 1.29 is 67.2 Å². The Morgan fingerprint density at radius 2 is 1.53 bits per heavy atom. The molecule has 22 heteroatoms. The Hall–Kier alpha value is -6.74. The van der Waals surface area contributed by atoms with Gasteiger partial charge >= 0.3 is 18.0 Å². The van der Waals surface area contributed by atoms with Crippen LogP contribution in [0.15, 0.2) is 54.6 Å². The van der Waals surface area contributed by atoms with Crippen molar-refractivity contribution in [2.24, 2.45) is 22.7 Å². The number of halogens is 1. The highest BCUT2D eigenvalue weighted by atomic mass is 35.5. The van der Waals surface area contributed by atoms with Crippen molar-refractivity contribution in [3.8, 4) is 5.75 Å². The van der Waals surface area contributed by atoms with Gasteiger partial charge in [0.25, 0.3) is 0 Å². The summed E-state index contributed by atoms with van der Waals surface area (Å²) >= 11 is 6.40. The molecule has 2 aliphatic rings. The number of carboxylic acids is 1. The van der Waals surface area contributed by atoms with Crippen LogP contribution in [0.1, 0.15) is 124 Å². The van der Waals surface area contributed by atoms with E-state index < -0.39 is 113 Å². The van der Waals surface area contributed by atoms with Gasteiger partial charge in [0.05, 0.1) is 23.7 Å². The molecule has 0 aromatic heterocycles. The van der Waals surface area contributed by atoms with Gasteiger partial charge in [-0.2, -0.15) is 0 Å². The number of aliphatic carboxylic acids is 1. The number of carbonyl (C=O) groups is 9. The molecule has 77 heavy (non-hydrogen) atoms. The zero-order valence-corrected chi connectivity index (χ0v) is 46.7. The van der Waals surface area contributed by atoms with Gasteiger partial charge in [-0.05, 0) is 86.8 Å². The van der Waals surface area contributed by atoms with Crippen LogP contribution in [0.3, 0.4) is 0 Å². The molecule has 9 atom stereocenters. The fourth-order valence-corrected chi connectivity index (χ4v) is 8.59. The second kappa shape index (κ2) is 28.6. The van der Waals surface area contributed by atoms with Gasteiger partial charge in [-0.15, -0.1) is 0 Å². The molecule has 2 aromatic carbocycles. The molecule has 1 fully saturated rings. The number of esters is 1. The van der Waals surface area contributed by atoms with Crippen molar-refractivity contribution in [3.63, 3.8) is 0 Å². The summed E-state index contributed by atoms with van der Waals surface area (Å²) in [5, 5.41) is 28.1. The predicted molar refractivity (Wildman–Crippen MR) is 285 cm³/mol. The number of alkyl carbamates (subject to hydrolysis) is 1. The van der Waals surface area contributed by atoms with E-state index in [1.54, 1.807) is 71.0 Å². The second-order valence-electron chi connectivity index (χ2n) is 21.8. The molecule has 4 rings (SSSR count). The van der Waals surface area contributed by atoms with Crippen LogP contribution in [0.5, 0.6) is 5.75 Å². The van der Waals surface area contributed by atoms with Crippen molar-refractivity contribution in [3.05, 3.63) is 76.3 Å². The number of epoxide rings is 1. The van der Waals surface area contributed by atoms with Gasteiger partial charge in [0.15, 0.2) is 0 Å². The van der Waals surface area contributed by atoms with E-state index in [1.165, 1.54) is 20.1 Å². The average molecular weight is 1100 g/mol. The fourth-order valence-electron chi connectivity index (χ4n) is 8.31. The number of benzene rings is 2. The maximum Gasteiger partial charge on any atom is 0.407 e. The SMILES string of the molecule is COc1ccc(C[C@H]2NC(=O)/C=C/C[C@@H](C(C)[C@H]3O[C@@H]3c3ccc(COC(=O)NCCNC(=O)C(C)NC(=O)C(NC(=O)CCCC(=O)O)C(C)C)cc3)OC(=O)[C@H](CC(C)(C)C)NC(=O)C(C)(C)[C@H](C)NC2=O)cc1Cl. The van der Waals surface area contributed by atoms with Crippen molar-refractivity contribution in [2.75, 3.05) is 20.2 Å². The van der Waals surface area contributed by atoms with E-state index >= 15 is 0 Å². The maximum atomic E-state index is 14.2. The summed E-state index contributed by atoms with van der Waals surface area (Å²) in [5.41, 5.74) is 0.515. The van der Waals surface area contributed by atoms with Gasteiger partial charge in [0.2, 0.25) is 35.4 Å². The molecule has 3 unspecified atom stereocenters. The Morgan fingerprint density at radius 1 is 0.870 bits per heavy atom. The van der Waals surface area contributed by atoms with Crippen LogP contribution in [0.2, 0.25) is 5.02 Å². The summed E-state index contributed by atoms with van der Waals surface area (Å²) in [5.74, 6) is -5.10. The second-order valence-corrected chi connectivity index (χ2v) is 22.2. The monoisotopic (exact) mass is 1100 g/mol. The molecule has 424 valence electrons. The van der Waals surface area contributed by atoms with E-state index in [9.17, 15) is 43.2 Å². The van der Waals surface area contributed by atoms with E-state index in [0.29, 0.717) is 21.9 Å². The van der Waals surface area contributed by atoms with Crippen molar-refractivity contribution in [2.45, 2.75) is 163 Å². The van der Waals surface area contributed by atoms with Gasteiger partial charge in [-0.1, -0.05) is 89.6 Å².